The molecule has 0 spiro atoms. The zero-order valence-corrected chi connectivity index (χ0v) is 18.7. The summed E-state index contributed by atoms with van der Waals surface area (Å²) in [5.41, 5.74) is 0.880. The van der Waals surface area contributed by atoms with Crippen molar-refractivity contribution in [2.75, 3.05) is 20.3 Å². The van der Waals surface area contributed by atoms with E-state index in [1.165, 1.54) is 18.4 Å². The van der Waals surface area contributed by atoms with Gasteiger partial charge in [-0.05, 0) is 57.0 Å². The normalized spacial score (nSPS) is 10.8. The van der Waals surface area contributed by atoms with Crippen molar-refractivity contribution in [3.63, 3.8) is 0 Å². The number of esters is 2. The van der Waals surface area contributed by atoms with Crippen LogP contribution in [-0.4, -0.2) is 41.8 Å². The Morgan fingerprint density at radius 1 is 1.13 bits per heavy atom. The van der Waals surface area contributed by atoms with Crippen LogP contribution in [0.15, 0.2) is 29.1 Å². The second-order valence-corrected chi connectivity index (χ2v) is 7.79. The molecule has 3 rings (SSSR count). The van der Waals surface area contributed by atoms with E-state index in [2.05, 4.69) is 9.72 Å². The molecule has 0 saturated heterocycles. The maximum absolute atomic E-state index is 13.1. The van der Waals surface area contributed by atoms with Gasteiger partial charge in [0.1, 0.15) is 21.3 Å². The molecule has 0 N–H and O–H groups in total. The van der Waals surface area contributed by atoms with Crippen molar-refractivity contribution < 1.29 is 23.8 Å². The summed E-state index contributed by atoms with van der Waals surface area (Å²) in [4.78, 5) is 42.1. The average molecular weight is 445 g/mol. The largest absolute Gasteiger partial charge is 0.494 e. The molecule has 164 valence electrons. The number of carbonyl (C=O) groups is 2. The van der Waals surface area contributed by atoms with E-state index in [0.29, 0.717) is 57.4 Å². The first kappa shape index (κ1) is 22.5. The smallest absolute Gasteiger partial charge is 0.348 e. The molecule has 31 heavy (non-hydrogen) atoms. The van der Waals surface area contributed by atoms with Crippen molar-refractivity contribution >= 4 is 33.5 Å². The fraction of sp³-hybridized carbons (Fsp3) is 0.364. The number of methoxy groups -OCH3 is 1. The number of aromatic nitrogens is 2. The van der Waals surface area contributed by atoms with Gasteiger partial charge in [-0.3, -0.25) is 9.36 Å². The highest BCUT2D eigenvalue weighted by molar-refractivity contribution is 7.20. The summed E-state index contributed by atoms with van der Waals surface area (Å²) in [7, 11) is 1.33. The molecule has 2 heterocycles. The van der Waals surface area contributed by atoms with Gasteiger partial charge in [-0.1, -0.05) is 0 Å². The Kier molecular flexibility index (Phi) is 7.06. The Balaban J connectivity index is 1.70. The van der Waals surface area contributed by atoms with E-state index in [-0.39, 0.29) is 12.2 Å². The Morgan fingerprint density at radius 3 is 2.48 bits per heavy atom. The molecule has 1 aromatic carbocycles. The van der Waals surface area contributed by atoms with E-state index in [4.69, 9.17) is 9.47 Å². The third-order valence-corrected chi connectivity index (χ3v) is 5.94. The molecule has 0 aliphatic carbocycles. The number of hydrogen-bond acceptors (Lipinski definition) is 8. The van der Waals surface area contributed by atoms with Crippen LogP contribution in [0.5, 0.6) is 5.75 Å². The Bertz CT molecular complexity index is 1160. The van der Waals surface area contributed by atoms with Gasteiger partial charge in [0.15, 0.2) is 0 Å². The second-order valence-electron chi connectivity index (χ2n) is 6.79. The average Bonchev–Trinajstić information content (AvgIpc) is 3.09. The van der Waals surface area contributed by atoms with E-state index in [1.807, 2.05) is 0 Å². The zero-order valence-electron chi connectivity index (χ0n) is 17.9. The van der Waals surface area contributed by atoms with Crippen LogP contribution in [0.25, 0.3) is 10.2 Å². The summed E-state index contributed by atoms with van der Waals surface area (Å²) >= 11 is 1.18. The SMILES string of the molecule is CCOC(=O)c1sc2nc(C)n(CCCOc3ccc(C(=O)OC)cc3)c(=O)c2c1C. The van der Waals surface area contributed by atoms with Crippen LogP contribution in [0.4, 0.5) is 0 Å². The van der Waals surface area contributed by atoms with Crippen molar-refractivity contribution in [2.45, 2.75) is 33.7 Å². The molecule has 2 aromatic heterocycles. The molecule has 0 radical (unpaired) electrons. The maximum atomic E-state index is 13.1. The second kappa shape index (κ2) is 9.74. The predicted octanol–water partition coefficient (Wildman–Crippen LogP) is 3.51. The summed E-state index contributed by atoms with van der Waals surface area (Å²) in [6.07, 6.45) is 0.584. The van der Waals surface area contributed by atoms with Crippen molar-refractivity contribution in [3.05, 3.63) is 56.4 Å². The van der Waals surface area contributed by atoms with Crippen LogP contribution in [-0.2, 0) is 16.0 Å². The lowest BCUT2D eigenvalue weighted by Gasteiger charge is -2.11. The Labute approximate surface area is 183 Å². The summed E-state index contributed by atoms with van der Waals surface area (Å²) in [6.45, 7) is 6.34. The summed E-state index contributed by atoms with van der Waals surface area (Å²) in [5.74, 6) is 0.368. The van der Waals surface area contributed by atoms with Crippen molar-refractivity contribution in [1.29, 1.82) is 0 Å². The van der Waals surface area contributed by atoms with Gasteiger partial charge >= 0.3 is 11.9 Å². The monoisotopic (exact) mass is 444 g/mol. The summed E-state index contributed by atoms with van der Waals surface area (Å²) in [5, 5.41) is 0.456. The molecular formula is C22H24N2O6S. The number of hydrogen-bond donors (Lipinski definition) is 0. The van der Waals surface area contributed by atoms with Crippen LogP contribution in [0.2, 0.25) is 0 Å². The highest BCUT2D eigenvalue weighted by atomic mass is 32.1. The fourth-order valence-corrected chi connectivity index (χ4v) is 4.30. The van der Waals surface area contributed by atoms with E-state index < -0.39 is 11.9 Å². The van der Waals surface area contributed by atoms with Gasteiger partial charge in [-0.25, -0.2) is 14.6 Å². The quantitative estimate of drug-likeness (QED) is 0.387. The first-order valence-electron chi connectivity index (χ1n) is 9.86. The van der Waals surface area contributed by atoms with Gasteiger partial charge in [0.2, 0.25) is 0 Å². The highest BCUT2D eigenvalue weighted by Gasteiger charge is 2.21. The van der Waals surface area contributed by atoms with Crippen molar-refractivity contribution in [1.82, 2.24) is 9.55 Å². The number of benzene rings is 1. The minimum Gasteiger partial charge on any atom is -0.494 e. The van der Waals surface area contributed by atoms with Gasteiger partial charge in [-0.2, -0.15) is 0 Å². The van der Waals surface area contributed by atoms with Gasteiger partial charge in [0.25, 0.3) is 5.56 Å². The van der Waals surface area contributed by atoms with Crippen molar-refractivity contribution in [2.24, 2.45) is 0 Å². The molecule has 0 fully saturated rings. The van der Waals surface area contributed by atoms with Crippen LogP contribution < -0.4 is 10.3 Å². The number of ether oxygens (including phenoxy) is 3. The topological polar surface area (TPSA) is 96.7 Å². The minimum absolute atomic E-state index is 0.172. The molecule has 8 nitrogen and oxygen atoms in total. The number of carbonyl (C=O) groups excluding carboxylic acids is 2. The first-order valence-corrected chi connectivity index (χ1v) is 10.7. The third kappa shape index (κ3) is 4.77. The van der Waals surface area contributed by atoms with Crippen molar-refractivity contribution in [3.8, 4) is 5.75 Å². The van der Waals surface area contributed by atoms with Gasteiger partial charge in [0, 0.05) is 6.54 Å². The number of fused-ring (bicyclic) bond motifs is 1. The standard InChI is InChI=1S/C22H24N2O6S/c1-5-29-22(27)18-13(2)17-19(31-18)23-14(3)24(20(17)25)11-6-12-30-16-9-7-15(8-10-16)21(26)28-4/h7-10H,5-6,11-12H2,1-4H3. The lowest BCUT2D eigenvalue weighted by molar-refractivity contribution is 0.0530. The number of nitrogens with zero attached hydrogens (tertiary/aromatic N) is 2. The number of thiophene rings is 1. The minimum atomic E-state index is -0.432. The van der Waals surface area contributed by atoms with Crippen LogP contribution in [0, 0.1) is 13.8 Å². The summed E-state index contributed by atoms with van der Waals surface area (Å²) in [6, 6.07) is 6.66. The number of aryl methyl sites for hydroxylation is 2. The molecule has 0 bridgehead atoms. The van der Waals surface area contributed by atoms with E-state index in [1.54, 1.807) is 49.6 Å². The van der Waals surface area contributed by atoms with E-state index in [0.717, 1.165) is 0 Å². The van der Waals surface area contributed by atoms with Gasteiger partial charge in [0.05, 0.1) is 31.3 Å². The molecule has 3 aromatic rings. The van der Waals surface area contributed by atoms with E-state index >= 15 is 0 Å². The van der Waals surface area contributed by atoms with Gasteiger partial charge in [-0.15, -0.1) is 11.3 Å². The van der Waals surface area contributed by atoms with Gasteiger partial charge < -0.3 is 14.2 Å². The molecule has 0 saturated carbocycles. The number of rotatable bonds is 8. The molecule has 9 heteroatoms. The predicted molar refractivity (Wildman–Crippen MR) is 117 cm³/mol. The first-order chi connectivity index (χ1) is 14.9. The lowest BCUT2D eigenvalue weighted by Crippen LogP contribution is -2.24. The molecule has 0 atom stereocenters. The molecule has 0 amide bonds. The Hall–Kier alpha value is -3.20. The fourth-order valence-electron chi connectivity index (χ4n) is 3.19. The maximum Gasteiger partial charge on any atom is 0.348 e. The summed E-state index contributed by atoms with van der Waals surface area (Å²) < 4.78 is 17.0. The van der Waals surface area contributed by atoms with Crippen LogP contribution >= 0.6 is 11.3 Å². The molecule has 0 aliphatic rings. The van der Waals surface area contributed by atoms with Crippen LogP contribution in [0.3, 0.4) is 0 Å². The molecule has 0 unspecified atom stereocenters. The Morgan fingerprint density at radius 2 is 1.84 bits per heavy atom. The third-order valence-electron chi connectivity index (χ3n) is 4.77. The lowest BCUT2D eigenvalue weighted by atomic mass is 10.2. The molecular weight excluding hydrogens is 420 g/mol. The zero-order chi connectivity index (χ0) is 22.5. The highest BCUT2D eigenvalue weighted by Crippen LogP contribution is 2.28. The van der Waals surface area contributed by atoms with E-state index in [9.17, 15) is 14.4 Å². The molecule has 0 aliphatic heterocycles. The van der Waals surface area contributed by atoms with Crippen LogP contribution in [0.1, 0.15) is 44.8 Å².